The van der Waals surface area contributed by atoms with Crippen LogP contribution in [0.4, 0.5) is 13.2 Å². The summed E-state index contributed by atoms with van der Waals surface area (Å²) in [4.78, 5) is 74.9. The highest BCUT2D eigenvalue weighted by Gasteiger charge is 2.37. The quantitative estimate of drug-likeness (QED) is 0.0432. The predicted octanol–water partition coefficient (Wildman–Crippen LogP) is 22.5. The molecule has 0 N–H and O–H groups in total. The maximum atomic E-state index is 13.6. The minimum Gasteiger partial charge on any atom is -0.497 e. The number of ether oxygens (including phenoxy) is 6. The molecule has 1 atom stereocenters. The van der Waals surface area contributed by atoms with Gasteiger partial charge in [-0.2, -0.15) is 34.2 Å². The number of nitrogens with zero attached hydrogens (tertiary/aromatic N) is 11. The van der Waals surface area contributed by atoms with Gasteiger partial charge in [-0.25, -0.2) is 19.9 Å². The van der Waals surface area contributed by atoms with Crippen LogP contribution in [0, 0.1) is 52.2 Å². The monoisotopic (exact) mass is 1900 g/mol. The minimum absolute atomic E-state index is 0.0644. The molecule has 3 amide bonds. The van der Waals surface area contributed by atoms with Gasteiger partial charge in [0.1, 0.15) is 67.4 Å². The lowest BCUT2D eigenvalue weighted by Crippen LogP contribution is -2.36. The van der Waals surface area contributed by atoms with Crippen LogP contribution in [-0.2, 0) is 30.1 Å². The summed E-state index contributed by atoms with van der Waals surface area (Å²) in [6, 6.07) is 68.5. The molecule has 0 saturated carbocycles. The molecule has 29 heteroatoms. The van der Waals surface area contributed by atoms with Gasteiger partial charge in [-0.3, -0.25) is 19.2 Å². The number of carbonyl (C=O) groups excluding carboxylic acids is 4. The molecule has 8 heterocycles. The van der Waals surface area contributed by atoms with Crippen LogP contribution in [0.2, 0.25) is 0 Å². The molecule has 11 aromatic rings. The molecule has 131 heavy (non-hydrogen) atoms. The van der Waals surface area contributed by atoms with Gasteiger partial charge in [0, 0.05) is 95.7 Å². The first-order valence-corrected chi connectivity index (χ1v) is 47.8. The smallest absolute Gasteiger partial charge is 0.417 e. The van der Waals surface area contributed by atoms with Crippen molar-refractivity contribution in [2.75, 3.05) is 104 Å². The number of hydrogen-bond acceptors (Lipinski definition) is 22. The third-order valence-corrected chi connectivity index (χ3v) is 26.8. The van der Waals surface area contributed by atoms with E-state index in [1.54, 1.807) is 63.7 Å². The number of Topliss-reactive ketones (excluding diaryl/α,β-unsaturated/α-hetero) is 1. The number of benzene rings is 7. The number of rotatable bonds is 27. The molecule has 21 nitrogen and oxygen atoms in total. The first-order chi connectivity index (χ1) is 63.6. The van der Waals surface area contributed by atoms with Crippen LogP contribution in [0.15, 0.2) is 219 Å². The molecule has 674 valence electrons. The van der Waals surface area contributed by atoms with Crippen molar-refractivity contribution in [1.29, 1.82) is 21.0 Å². The highest BCUT2D eigenvalue weighted by Crippen LogP contribution is 2.43. The summed E-state index contributed by atoms with van der Waals surface area (Å²) in [5, 5.41) is 41.2. The zero-order chi connectivity index (χ0) is 92.8. The molecule has 0 aliphatic carbocycles. The van der Waals surface area contributed by atoms with E-state index in [4.69, 9.17) is 43.4 Å². The summed E-state index contributed by atoms with van der Waals surface area (Å²) in [6.07, 6.45) is 8.27. The lowest BCUT2D eigenvalue weighted by Gasteiger charge is -2.26. The van der Waals surface area contributed by atoms with Crippen LogP contribution < -0.4 is 23.7 Å². The summed E-state index contributed by atoms with van der Waals surface area (Å²) in [7, 11) is 7.92. The molecule has 4 fully saturated rings. The maximum absolute atomic E-state index is 13.6. The van der Waals surface area contributed by atoms with E-state index in [0.29, 0.717) is 74.1 Å². The SMILES string of the molecule is COc1ccc(-c2cc(-c3ccc(Br)cc3)nc(SCC(=O)N3CCCCC3)c2C#N)cc1.COc1ccc(-c2cc(-c3ccc(C)cc3)nc(SCC(=O)N3CCCCC3)c2C#N)cc1.COc1ccc(-c2cc(-c3ccccc3)nc(SCC(=O)CCC3CCCO3)c2C#N)cc1OC.COc1ccc(-c2cc(C(F)(F)F)c(C#N)c(SCC(=O)N3CCCCC3)n2)cc1. The van der Waals surface area contributed by atoms with Crippen molar-refractivity contribution in [1.82, 2.24) is 34.6 Å². The zero-order valence-corrected chi connectivity index (χ0v) is 78.5. The average molecular weight is 1900 g/mol. The number of nitriles is 4. The van der Waals surface area contributed by atoms with E-state index in [2.05, 4.69) is 51.3 Å². The Labute approximate surface area is 788 Å². The van der Waals surface area contributed by atoms with Crippen molar-refractivity contribution >= 4 is 86.5 Å². The summed E-state index contributed by atoms with van der Waals surface area (Å²) in [5.74, 6) is 4.19. The van der Waals surface area contributed by atoms with Crippen LogP contribution >= 0.6 is 63.0 Å². The average Bonchev–Trinajstić information content (AvgIpc) is 1.72. The van der Waals surface area contributed by atoms with E-state index in [-0.39, 0.29) is 63.3 Å². The number of methoxy groups -OCH3 is 5. The summed E-state index contributed by atoms with van der Waals surface area (Å²) < 4.78 is 74.0. The molecule has 0 radical (unpaired) electrons. The lowest BCUT2D eigenvalue weighted by atomic mass is 9.99. The molecule has 15 rings (SSSR count). The van der Waals surface area contributed by atoms with E-state index in [9.17, 15) is 53.4 Å². The lowest BCUT2D eigenvalue weighted by molar-refractivity contribution is -0.138. The summed E-state index contributed by atoms with van der Waals surface area (Å²) in [6.45, 7) is 7.40. The Morgan fingerprint density at radius 2 is 0.763 bits per heavy atom. The molecule has 4 saturated heterocycles. The fraction of sp³-hybridized carbons (Fsp3) is 0.314. The van der Waals surface area contributed by atoms with Gasteiger partial charge in [-0.1, -0.05) is 166 Å². The number of carbonyl (C=O) groups is 4. The van der Waals surface area contributed by atoms with Gasteiger partial charge in [0.2, 0.25) is 17.7 Å². The van der Waals surface area contributed by atoms with Crippen molar-refractivity contribution in [3.05, 3.63) is 232 Å². The first-order valence-electron chi connectivity index (χ1n) is 43.0. The molecule has 0 spiro atoms. The molecule has 4 aliphatic rings. The highest BCUT2D eigenvalue weighted by atomic mass is 79.9. The number of thioether (sulfide) groups is 4. The second kappa shape index (κ2) is 48.6. The van der Waals surface area contributed by atoms with Crippen molar-refractivity contribution in [3.8, 4) is 131 Å². The number of aryl methyl sites for hydroxylation is 1. The molecule has 4 aromatic heterocycles. The van der Waals surface area contributed by atoms with E-state index in [1.807, 2.05) is 168 Å². The summed E-state index contributed by atoms with van der Waals surface area (Å²) >= 11 is 8.36. The normalized spacial score (nSPS) is 14.0. The number of aromatic nitrogens is 4. The van der Waals surface area contributed by atoms with Crippen molar-refractivity contribution in [2.45, 2.75) is 123 Å². The van der Waals surface area contributed by atoms with Gasteiger partial charge in [0.25, 0.3) is 0 Å². The Morgan fingerprint density at radius 3 is 1.14 bits per heavy atom. The van der Waals surface area contributed by atoms with Gasteiger partial charge in [-0.15, -0.1) is 0 Å². The van der Waals surface area contributed by atoms with E-state index in [1.165, 1.54) is 60.8 Å². The number of pyridine rings is 4. The van der Waals surface area contributed by atoms with Crippen molar-refractivity contribution < 1.29 is 60.8 Å². The van der Waals surface area contributed by atoms with Gasteiger partial charge >= 0.3 is 6.18 Å². The van der Waals surface area contributed by atoms with Gasteiger partial charge < -0.3 is 43.1 Å². The standard InChI is InChI=1S/C28H28N2O4S.C27H27N3O2S.C26H24BrN3O2S.C21H20F3N3O2S/c1-32-26-13-10-20(15-27(26)33-2)23-16-25(19-7-4-3-5-8-19)30-28(24(23)17-29)35-18-21(31)11-12-22-9-6-14-34-22;1-19-6-8-21(9-7-19)25-16-23(20-10-12-22(32-2)13-11-20)24(17-28)27(29-25)33-18-26(31)30-14-4-3-5-15-30;1-32-21-11-7-18(8-12-21)22-15-24(19-5-9-20(27)10-6-19)29-26(23(22)16-28)33-17-25(31)30-13-3-2-4-14-30;1-29-15-7-5-14(6-8-15)18-11-17(21(22,23)24)16(12-25)20(26-18)30-13-19(28)27-9-3-2-4-10-27/h3-5,7-8,10,13,15-16,22H,6,9,11-12,14,18H2,1-2H3;6-13,16H,3-5,14-15,18H2,1-2H3;5-12,15H,2-4,13-14,17H2,1H3;5-8,11H,2-4,9-10,13H2,1H3. The number of hydrogen-bond donors (Lipinski definition) is 0. The molecule has 0 bridgehead atoms. The number of likely N-dealkylation sites (tertiary alicyclic amines) is 3. The van der Waals surface area contributed by atoms with Crippen molar-refractivity contribution in [2.24, 2.45) is 0 Å². The first kappa shape index (κ1) is 97.9. The van der Waals surface area contributed by atoms with Gasteiger partial charge in [-0.05, 0) is 198 Å². The molecule has 4 aliphatic heterocycles. The van der Waals surface area contributed by atoms with Crippen LogP contribution in [-0.4, -0.2) is 169 Å². The number of piperidine rings is 3. The minimum atomic E-state index is -4.72. The van der Waals surface area contributed by atoms with E-state index < -0.39 is 17.3 Å². The zero-order valence-electron chi connectivity index (χ0n) is 73.7. The molecular weight excluding hydrogens is 1800 g/mol. The highest BCUT2D eigenvalue weighted by molar-refractivity contribution is 9.10. The number of alkyl halides is 3. The number of halogens is 4. The predicted molar refractivity (Wildman–Crippen MR) is 511 cm³/mol. The Morgan fingerprint density at radius 1 is 0.412 bits per heavy atom. The van der Waals surface area contributed by atoms with Gasteiger partial charge in [0.15, 0.2) is 11.5 Å². The van der Waals surface area contributed by atoms with Crippen LogP contribution in [0.25, 0.3) is 78.4 Å². The Hall–Kier alpha value is -12.2. The van der Waals surface area contributed by atoms with Crippen LogP contribution in [0.3, 0.4) is 0 Å². The third kappa shape index (κ3) is 26.8. The second-order valence-electron chi connectivity index (χ2n) is 31.1. The van der Waals surface area contributed by atoms with E-state index >= 15 is 0 Å². The number of amides is 3. The molecular formula is C102H99BrF3N11O10S4. The maximum Gasteiger partial charge on any atom is 0.417 e. The molecule has 7 aromatic carbocycles. The van der Waals surface area contributed by atoms with Crippen LogP contribution in [0.5, 0.6) is 28.7 Å². The Balaban J connectivity index is 0.000000158. The second-order valence-corrected chi connectivity index (χ2v) is 35.8. The Bertz CT molecular complexity index is 5770. The summed E-state index contributed by atoms with van der Waals surface area (Å²) in [5.41, 5.74) is 11.6. The topological polar surface area (TPSA) is 280 Å². The molecule has 1 unspecified atom stereocenters. The largest absolute Gasteiger partial charge is 0.497 e. The number of ketones is 1. The van der Waals surface area contributed by atoms with Gasteiger partial charge in [0.05, 0.1) is 115 Å². The fourth-order valence-corrected chi connectivity index (χ4v) is 19.1. The third-order valence-electron chi connectivity index (χ3n) is 22.4. The van der Waals surface area contributed by atoms with Crippen molar-refractivity contribution in [3.63, 3.8) is 0 Å². The van der Waals surface area contributed by atoms with Crippen LogP contribution in [0.1, 0.15) is 117 Å². The van der Waals surface area contributed by atoms with E-state index in [0.717, 1.165) is 198 Å². The Kier molecular flexibility index (Phi) is 36.3. The fourth-order valence-electron chi connectivity index (χ4n) is 15.2.